The first kappa shape index (κ1) is 18.4. The lowest BCUT2D eigenvalue weighted by Gasteiger charge is -2.33. The number of benzene rings is 1. The predicted molar refractivity (Wildman–Crippen MR) is 104 cm³/mol. The Labute approximate surface area is 164 Å². The molecule has 3 amide bonds. The number of amides is 3. The molecule has 1 N–H and O–H groups in total. The molecule has 148 valence electrons. The summed E-state index contributed by atoms with van der Waals surface area (Å²) in [6.45, 7) is 5.32. The molecule has 7 heteroatoms. The smallest absolute Gasteiger partial charge is 0.322 e. The first-order valence-electron chi connectivity index (χ1n) is 9.50. The molecule has 1 aromatic rings. The SMILES string of the molecule is C=CCN1C(=O)N[C@H](c2cc(OC)cc(OC)c2)C2=C1CN(CC1CC1)C2=O. The van der Waals surface area contributed by atoms with Crippen LogP contribution in [0, 0.1) is 5.92 Å². The summed E-state index contributed by atoms with van der Waals surface area (Å²) in [6.07, 6.45) is 4.00. The Hall–Kier alpha value is -2.96. The standard InChI is InChI=1S/C21H25N3O4/c1-4-7-24-17-12-23(11-13-5-6-13)20(25)18(17)19(22-21(24)26)14-8-15(27-2)10-16(9-14)28-3/h4,8-10,13,19H,1,5-7,11-12H2,2-3H3,(H,22,26)/t19-/m1/s1. The number of carbonyl (C=O) groups is 2. The van der Waals surface area contributed by atoms with Crippen LogP contribution in [0.1, 0.15) is 24.4 Å². The van der Waals surface area contributed by atoms with Crippen molar-refractivity contribution in [1.29, 1.82) is 0 Å². The van der Waals surface area contributed by atoms with Crippen LogP contribution in [-0.2, 0) is 4.79 Å². The Bertz CT molecular complexity index is 837. The Morgan fingerprint density at radius 2 is 1.86 bits per heavy atom. The van der Waals surface area contributed by atoms with Gasteiger partial charge in [0.05, 0.1) is 38.1 Å². The minimum atomic E-state index is -0.538. The van der Waals surface area contributed by atoms with Gasteiger partial charge >= 0.3 is 6.03 Å². The van der Waals surface area contributed by atoms with Crippen LogP contribution in [0.2, 0.25) is 0 Å². The molecule has 0 saturated heterocycles. The van der Waals surface area contributed by atoms with Crippen LogP contribution in [0.5, 0.6) is 11.5 Å². The van der Waals surface area contributed by atoms with Crippen molar-refractivity contribution in [3.05, 3.63) is 47.7 Å². The summed E-state index contributed by atoms with van der Waals surface area (Å²) in [5.74, 6) is 1.79. The third-order valence-corrected chi connectivity index (χ3v) is 5.49. The van der Waals surface area contributed by atoms with Gasteiger partial charge in [-0.1, -0.05) is 6.08 Å². The quantitative estimate of drug-likeness (QED) is 0.735. The molecule has 3 aliphatic rings. The minimum absolute atomic E-state index is 0.0113. The fraction of sp³-hybridized carbons (Fsp3) is 0.429. The van der Waals surface area contributed by atoms with Gasteiger partial charge in [-0.3, -0.25) is 9.69 Å². The number of nitrogens with one attached hydrogen (secondary N) is 1. The highest BCUT2D eigenvalue weighted by Crippen LogP contribution is 2.40. The lowest BCUT2D eigenvalue weighted by molar-refractivity contribution is -0.126. The van der Waals surface area contributed by atoms with E-state index in [4.69, 9.17) is 9.47 Å². The summed E-state index contributed by atoms with van der Waals surface area (Å²) in [4.78, 5) is 29.5. The van der Waals surface area contributed by atoms with Crippen molar-refractivity contribution in [2.75, 3.05) is 33.9 Å². The average Bonchev–Trinajstić information content (AvgIpc) is 3.46. The van der Waals surface area contributed by atoms with Crippen molar-refractivity contribution in [3.8, 4) is 11.5 Å². The van der Waals surface area contributed by atoms with Crippen LogP contribution in [0.15, 0.2) is 42.1 Å². The number of hydrogen-bond acceptors (Lipinski definition) is 4. The second-order valence-corrected chi connectivity index (χ2v) is 7.42. The maximum Gasteiger partial charge on any atom is 0.322 e. The molecule has 0 bridgehead atoms. The second kappa shape index (κ2) is 7.22. The first-order chi connectivity index (χ1) is 13.5. The third kappa shape index (κ3) is 3.21. The molecular weight excluding hydrogens is 358 g/mol. The number of rotatable bonds is 7. The van der Waals surface area contributed by atoms with Crippen LogP contribution < -0.4 is 14.8 Å². The summed E-state index contributed by atoms with van der Waals surface area (Å²) < 4.78 is 10.7. The molecule has 0 unspecified atom stereocenters. The maximum atomic E-state index is 13.3. The summed E-state index contributed by atoms with van der Waals surface area (Å²) in [5, 5.41) is 2.98. The van der Waals surface area contributed by atoms with E-state index in [0.717, 1.165) is 17.8 Å². The normalized spacial score (nSPS) is 21.6. The predicted octanol–water partition coefficient (Wildman–Crippen LogP) is 2.46. The lowest BCUT2D eigenvalue weighted by Crippen LogP contribution is -2.47. The molecule has 28 heavy (non-hydrogen) atoms. The molecule has 1 atom stereocenters. The molecule has 2 aliphatic heterocycles. The van der Waals surface area contributed by atoms with Crippen molar-refractivity contribution in [3.63, 3.8) is 0 Å². The highest BCUT2D eigenvalue weighted by Gasteiger charge is 2.44. The second-order valence-electron chi connectivity index (χ2n) is 7.42. The number of ether oxygens (including phenoxy) is 2. The average molecular weight is 383 g/mol. The van der Waals surface area contributed by atoms with E-state index in [1.54, 1.807) is 31.3 Å². The van der Waals surface area contributed by atoms with E-state index in [-0.39, 0.29) is 11.9 Å². The molecule has 4 rings (SSSR count). The van der Waals surface area contributed by atoms with E-state index < -0.39 is 6.04 Å². The van der Waals surface area contributed by atoms with Gasteiger partial charge in [-0.15, -0.1) is 6.58 Å². The summed E-state index contributed by atoms with van der Waals surface area (Å²) in [6, 6.07) is 4.66. The van der Waals surface area contributed by atoms with Gasteiger partial charge < -0.3 is 19.7 Å². The lowest BCUT2D eigenvalue weighted by atomic mass is 9.95. The van der Waals surface area contributed by atoms with Gasteiger partial charge in [0, 0.05) is 19.2 Å². The molecular formula is C21H25N3O4. The van der Waals surface area contributed by atoms with E-state index >= 15 is 0 Å². The zero-order chi connectivity index (χ0) is 19.8. The van der Waals surface area contributed by atoms with Gasteiger partial charge in [0.1, 0.15) is 11.5 Å². The molecule has 0 radical (unpaired) electrons. The zero-order valence-electron chi connectivity index (χ0n) is 16.2. The molecule has 1 saturated carbocycles. The maximum absolute atomic E-state index is 13.3. The number of methoxy groups -OCH3 is 2. The fourth-order valence-corrected chi connectivity index (χ4v) is 3.88. The zero-order valence-corrected chi connectivity index (χ0v) is 16.2. The Morgan fingerprint density at radius 1 is 1.18 bits per heavy atom. The van der Waals surface area contributed by atoms with Gasteiger partial charge in [0.15, 0.2) is 0 Å². The van der Waals surface area contributed by atoms with Crippen molar-refractivity contribution >= 4 is 11.9 Å². The van der Waals surface area contributed by atoms with Gasteiger partial charge in [-0.25, -0.2) is 4.79 Å². The van der Waals surface area contributed by atoms with E-state index in [1.807, 2.05) is 17.0 Å². The molecule has 1 aliphatic carbocycles. The van der Waals surface area contributed by atoms with Crippen LogP contribution in [0.4, 0.5) is 4.79 Å². The third-order valence-electron chi connectivity index (χ3n) is 5.49. The summed E-state index contributed by atoms with van der Waals surface area (Å²) in [5.41, 5.74) is 2.15. The van der Waals surface area contributed by atoms with E-state index in [0.29, 0.717) is 36.1 Å². The number of carbonyl (C=O) groups excluding carboxylic acids is 2. The molecule has 7 nitrogen and oxygen atoms in total. The Balaban J connectivity index is 1.75. The monoisotopic (exact) mass is 383 g/mol. The topological polar surface area (TPSA) is 71.1 Å². The van der Waals surface area contributed by atoms with Gasteiger partial charge in [-0.05, 0) is 36.5 Å². The van der Waals surface area contributed by atoms with Crippen molar-refractivity contribution < 1.29 is 19.1 Å². The Kier molecular flexibility index (Phi) is 4.75. The highest BCUT2D eigenvalue weighted by molar-refractivity contribution is 6.01. The number of urea groups is 1. The van der Waals surface area contributed by atoms with E-state index in [2.05, 4.69) is 11.9 Å². The first-order valence-corrected chi connectivity index (χ1v) is 9.50. The van der Waals surface area contributed by atoms with Gasteiger partial charge in [-0.2, -0.15) is 0 Å². The van der Waals surface area contributed by atoms with Crippen LogP contribution >= 0.6 is 0 Å². The minimum Gasteiger partial charge on any atom is -0.497 e. The van der Waals surface area contributed by atoms with Gasteiger partial charge in [0.25, 0.3) is 5.91 Å². The number of nitrogens with zero attached hydrogens (tertiary/aromatic N) is 2. The fourth-order valence-electron chi connectivity index (χ4n) is 3.88. The van der Waals surface area contributed by atoms with Crippen LogP contribution in [-0.4, -0.2) is 55.6 Å². The Morgan fingerprint density at radius 3 is 2.43 bits per heavy atom. The molecule has 0 aromatic heterocycles. The van der Waals surface area contributed by atoms with Crippen molar-refractivity contribution in [2.45, 2.75) is 18.9 Å². The molecule has 1 fully saturated rings. The molecule has 2 heterocycles. The van der Waals surface area contributed by atoms with Crippen molar-refractivity contribution in [1.82, 2.24) is 15.1 Å². The highest BCUT2D eigenvalue weighted by atomic mass is 16.5. The molecule has 1 aromatic carbocycles. The summed E-state index contributed by atoms with van der Waals surface area (Å²) in [7, 11) is 3.15. The number of hydrogen-bond donors (Lipinski definition) is 1. The van der Waals surface area contributed by atoms with Crippen LogP contribution in [0.3, 0.4) is 0 Å². The largest absolute Gasteiger partial charge is 0.497 e. The van der Waals surface area contributed by atoms with Gasteiger partial charge in [0.2, 0.25) is 0 Å². The molecule has 0 spiro atoms. The van der Waals surface area contributed by atoms with Crippen LogP contribution in [0.25, 0.3) is 0 Å². The summed E-state index contributed by atoms with van der Waals surface area (Å²) >= 11 is 0. The van der Waals surface area contributed by atoms with Crippen molar-refractivity contribution in [2.24, 2.45) is 5.92 Å². The van der Waals surface area contributed by atoms with E-state index in [9.17, 15) is 9.59 Å². The van der Waals surface area contributed by atoms with E-state index in [1.165, 1.54) is 12.8 Å².